The summed E-state index contributed by atoms with van der Waals surface area (Å²) < 4.78 is 13.6. The Morgan fingerprint density at radius 1 is 0.889 bits per heavy atom. The first-order chi connectivity index (χ1) is 8.79. The fourth-order valence-corrected chi connectivity index (χ4v) is 2.56. The van der Waals surface area contributed by atoms with Gasteiger partial charge in [0.25, 0.3) is 0 Å². The van der Waals surface area contributed by atoms with Gasteiger partial charge in [0.2, 0.25) is 0 Å². The maximum Gasteiger partial charge on any atom is 0.126 e. The van der Waals surface area contributed by atoms with Crippen molar-refractivity contribution < 1.29 is 4.39 Å². The summed E-state index contributed by atoms with van der Waals surface area (Å²) in [6, 6.07) is 17.4. The first-order valence-corrected chi connectivity index (χ1v) is 7.25. The fourth-order valence-electron chi connectivity index (χ4n) is 2.10. The van der Waals surface area contributed by atoms with Crippen molar-refractivity contribution in [1.82, 2.24) is 0 Å². The van der Waals surface area contributed by atoms with Gasteiger partial charge < -0.3 is 0 Å². The molecule has 2 aromatic rings. The minimum absolute atomic E-state index is 0.100. The van der Waals surface area contributed by atoms with Gasteiger partial charge in [0.05, 0.1) is 0 Å². The first kappa shape index (κ1) is 13.3. The predicted octanol–water partition coefficient (Wildman–Crippen LogP) is 4.62. The van der Waals surface area contributed by atoms with Crippen LogP contribution in [-0.2, 0) is 12.8 Å². The number of alkyl halides is 1. The summed E-state index contributed by atoms with van der Waals surface area (Å²) in [5, 5.41) is 0.885. The van der Waals surface area contributed by atoms with Gasteiger partial charge in [-0.15, -0.1) is 0 Å². The molecular weight excluding hydrogens is 291 g/mol. The van der Waals surface area contributed by atoms with Crippen LogP contribution in [0, 0.1) is 11.7 Å². The highest BCUT2D eigenvalue weighted by molar-refractivity contribution is 9.09. The zero-order chi connectivity index (χ0) is 12.8. The predicted molar refractivity (Wildman–Crippen MR) is 77.5 cm³/mol. The van der Waals surface area contributed by atoms with E-state index in [1.54, 1.807) is 6.07 Å². The van der Waals surface area contributed by atoms with Crippen LogP contribution in [-0.4, -0.2) is 5.33 Å². The number of halogens is 2. The SMILES string of the molecule is Fc1ccccc1CC(CBr)Cc1ccccc1. The van der Waals surface area contributed by atoms with Crippen molar-refractivity contribution >= 4 is 15.9 Å². The van der Waals surface area contributed by atoms with E-state index in [1.165, 1.54) is 11.6 Å². The van der Waals surface area contributed by atoms with Crippen molar-refractivity contribution in [3.8, 4) is 0 Å². The molecule has 0 saturated heterocycles. The van der Waals surface area contributed by atoms with Gasteiger partial charge in [-0.2, -0.15) is 0 Å². The first-order valence-electron chi connectivity index (χ1n) is 6.13. The van der Waals surface area contributed by atoms with E-state index >= 15 is 0 Å². The number of benzene rings is 2. The molecule has 2 rings (SSSR count). The highest BCUT2D eigenvalue weighted by atomic mass is 79.9. The molecule has 0 aliphatic carbocycles. The van der Waals surface area contributed by atoms with Crippen LogP contribution in [0.15, 0.2) is 54.6 Å². The van der Waals surface area contributed by atoms with Crippen molar-refractivity contribution in [1.29, 1.82) is 0 Å². The molecule has 0 aliphatic rings. The molecule has 0 spiro atoms. The number of rotatable bonds is 5. The summed E-state index contributed by atoms with van der Waals surface area (Å²) in [5.74, 6) is 0.320. The second kappa shape index (κ2) is 6.69. The molecule has 94 valence electrons. The largest absolute Gasteiger partial charge is 0.207 e. The highest BCUT2D eigenvalue weighted by Gasteiger charge is 2.11. The number of hydrogen-bond donors (Lipinski definition) is 0. The zero-order valence-electron chi connectivity index (χ0n) is 10.2. The topological polar surface area (TPSA) is 0 Å². The summed E-state index contributed by atoms with van der Waals surface area (Å²) >= 11 is 3.53. The molecule has 18 heavy (non-hydrogen) atoms. The van der Waals surface area contributed by atoms with Crippen molar-refractivity contribution in [2.24, 2.45) is 5.92 Å². The van der Waals surface area contributed by atoms with E-state index in [0.717, 1.165) is 23.7 Å². The van der Waals surface area contributed by atoms with Gasteiger partial charge in [-0.25, -0.2) is 4.39 Å². The van der Waals surface area contributed by atoms with E-state index in [0.29, 0.717) is 5.92 Å². The Labute approximate surface area is 116 Å². The lowest BCUT2D eigenvalue weighted by atomic mass is 9.94. The van der Waals surface area contributed by atoms with Gasteiger partial charge in [0.1, 0.15) is 5.82 Å². The Morgan fingerprint density at radius 2 is 1.56 bits per heavy atom. The number of hydrogen-bond acceptors (Lipinski definition) is 0. The molecule has 2 heteroatoms. The molecule has 0 N–H and O–H groups in total. The average Bonchev–Trinajstić information content (AvgIpc) is 2.41. The van der Waals surface area contributed by atoms with Crippen LogP contribution >= 0.6 is 15.9 Å². The van der Waals surface area contributed by atoms with Crippen LogP contribution < -0.4 is 0 Å². The lowest BCUT2D eigenvalue weighted by molar-refractivity contribution is 0.550. The molecule has 0 nitrogen and oxygen atoms in total. The van der Waals surface area contributed by atoms with E-state index in [1.807, 2.05) is 30.3 Å². The van der Waals surface area contributed by atoms with Crippen LogP contribution in [0.2, 0.25) is 0 Å². The molecule has 0 fully saturated rings. The Hall–Kier alpha value is -1.15. The molecule has 0 heterocycles. The summed E-state index contributed by atoms with van der Waals surface area (Å²) in [5.41, 5.74) is 2.11. The summed E-state index contributed by atoms with van der Waals surface area (Å²) in [6.45, 7) is 0. The van der Waals surface area contributed by atoms with Crippen LogP contribution in [0.1, 0.15) is 11.1 Å². The summed E-state index contributed by atoms with van der Waals surface area (Å²) in [7, 11) is 0. The molecule has 0 aromatic heterocycles. The van der Waals surface area contributed by atoms with E-state index in [-0.39, 0.29) is 5.82 Å². The van der Waals surface area contributed by atoms with Crippen LogP contribution in [0.4, 0.5) is 4.39 Å². The van der Waals surface area contributed by atoms with Crippen molar-refractivity contribution in [3.05, 3.63) is 71.5 Å². The van der Waals surface area contributed by atoms with Gasteiger partial charge >= 0.3 is 0 Å². The monoisotopic (exact) mass is 306 g/mol. The minimum Gasteiger partial charge on any atom is -0.207 e. The minimum atomic E-state index is -0.100. The third-order valence-electron chi connectivity index (χ3n) is 3.05. The Kier molecular flexibility index (Phi) is 4.94. The Balaban J connectivity index is 2.04. The smallest absolute Gasteiger partial charge is 0.126 e. The lowest BCUT2D eigenvalue weighted by Crippen LogP contribution is -2.10. The quantitative estimate of drug-likeness (QED) is 0.707. The van der Waals surface area contributed by atoms with Gasteiger partial charge in [0.15, 0.2) is 0 Å². The molecule has 0 aliphatic heterocycles. The maximum absolute atomic E-state index is 13.6. The van der Waals surface area contributed by atoms with E-state index in [4.69, 9.17) is 0 Å². The van der Waals surface area contributed by atoms with E-state index in [2.05, 4.69) is 28.1 Å². The van der Waals surface area contributed by atoms with Crippen molar-refractivity contribution in [2.75, 3.05) is 5.33 Å². The van der Waals surface area contributed by atoms with Gasteiger partial charge in [-0.1, -0.05) is 64.5 Å². The molecule has 1 atom stereocenters. The molecule has 2 aromatic carbocycles. The zero-order valence-corrected chi connectivity index (χ0v) is 11.7. The molecule has 0 saturated carbocycles. The Morgan fingerprint density at radius 3 is 2.22 bits per heavy atom. The van der Waals surface area contributed by atoms with Gasteiger partial charge in [0, 0.05) is 5.33 Å². The normalized spacial score (nSPS) is 12.3. The second-order valence-electron chi connectivity index (χ2n) is 4.51. The van der Waals surface area contributed by atoms with Crippen LogP contribution in [0.3, 0.4) is 0 Å². The van der Waals surface area contributed by atoms with E-state index in [9.17, 15) is 4.39 Å². The lowest BCUT2D eigenvalue weighted by Gasteiger charge is -2.14. The average molecular weight is 307 g/mol. The molecule has 0 radical (unpaired) electrons. The third-order valence-corrected chi connectivity index (χ3v) is 3.97. The standard InChI is InChI=1S/C16H16BrF/c17-12-14(10-13-6-2-1-3-7-13)11-15-8-4-5-9-16(15)18/h1-9,14H,10-12H2. The molecule has 0 amide bonds. The van der Waals surface area contributed by atoms with Crippen LogP contribution in [0.5, 0.6) is 0 Å². The molecule has 1 unspecified atom stereocenters. The summed E-state index contributed by atoms with van der Waals surface area (Å²) in [6.07, 6.45) is 1.74. The maximum atomic E-state index is 13.6. The van der Waals surface area contributed by atoms with Gasteiger partial charge in [-0.3, -0.25) is 0 Å². The third kappa shape index (κ3) is 3.67. The Bertz CT molecular complexity index is 481. The highest BCUT2D eigenvalue weighted by Crippen LogP contribution is 2.18. The van der Waals surface area contributed by atoms with E-state index < -0.39 is 0 Å². The van der Waals surface area contributed by atoms with Gasteiger partial charge in [-0.05, 0) is 36.0 Å². The summed E-state index contributed by atoms with van der Waals surface area (Å²) in [4.78, 5) is 0. The second-order valence-corrected chi connectivity index (χ2v) is 5.15. The fraction of sp³-hybridized carbons (Fsp3) is 0.250. The van der Waals surface area contributed by atoms with Crippen molar-refractivity contribution in [2.45, 2.75) is 12.8 Å². The molecular formula is C16H16BrF. The van der Waals surface area contributed by atoms with Crippen LogP contribution in [0.25, 0.3) is 0 Å². The molecule has 0 bridgehead atoms. The van der Waals surface area contributed by atoms with Crippen molar-refractivity contribution in [3.63, 3.8) is 0 Å².